The molecule has 188 valence electrons. The van der Waals surface area contributed by atoms with Crippen LogP contribution in [0.3, 0.4) is 0 Å². The van der Waals surface area contributed by atoms with Crippen LogP contribution in [-0.2, 0) is 6.42 Å². The Morgan fingerprint density at radius 3 is 2.89 bits per heavy atom. The summed E-state index contributed by atoms with van der Waals surface area (Å²) in [5, 5.41) is 20.1. The number of rotatable bonds is 8. The number of fused-ring (bicyclic) bond motifs is 3. The Bertz CT molecular complexity index is 1150. The SMILES string of the molecule is CC(C)(O)CN1CCC(Cc2cc(F)ccc2SNc2ccc3c(c2C(=O)O)OC[C@]2(C)CC32)C1. The number of ether oxygens (including phenoxy) is 1. The van der Waals surface area contributed by atoms with Gasteiger partial charge in [0.2, 0.25) is 0 Å². The van der Waals surface area contributed by atoms with E-state index in [0.29, 0.717) is 36.4 Å². The Balaban J connectivity index is 1.32. The number of halogens is 1. The van der Waals surface area contributed by atoms with Crippen molar-refractivity contribution in [2.24, 2.45) is 11.3 Å². The maximum atomic E-state index is 14.1. The van der Waals surface area contributed by atoms with Gasteiger partial charge >= 0.3 is 5.97 Å². The van der Waals surface area contributed by atoms with Crippen molar-refractivity contribution in [1.29, 1.82) is 0 Å². The molecule has 1 saturated carbocycles. The maximum Gasteiger partial charge on any atom is 0.341 e. The zero-order chi connectivity index (χ0) is 25.0. The minimum absolute atomic E-state index is 0.123. The van der Waals surface area contributed by atoms with Gasteiger partial charge in [-0.05, 0) is 98.8 Å². The molecule has 1 aliphatic carbocycles. The molecule has 3 atom stereocenters. The molecule has 0 radical (unpaired) electrons. The Hall–Kier alpha value is -2.29. The van der Waals surface area contributed by atoms with Crippen LogP contribution in [0.5, 0.6) is 5.75 Å². The van der Waals surface area contributed by atoms with Gasteiger partial charge in [0.1, 0.15) is 17.1 Å². The summed E-state index contributed by atoms with van der Waals surface area (Å²) in [6.45, 7) is 8.74. The predicted molar refractivity (Wildman–Crippen MR) is 135 cm³/mol. The molecule has 2 aliphatic heterocycles. The molecule has 6 nitrogen and oxygen atoms in total. The second kappa shape index (κ2) is 8.98. The van der Waals surface area contributed by atoms with Gasteiger partial charge in [-0.3, -0.25) is 0 Å². The minimum Gasteiger partial charge on any atom is -0.492 e. The van der Waals surface area contributed by atoms with Crippen molar-refractivity contribution in [1.82, 2.24) is 4.90 Å². The number of likely N-dealkylation sites (tertiary alicyclic amines) is 1. The van der Waals surface area contributed by atoms with E-state index in [0.717, 1.165) is 48.4 Å². The summed E-state index contributed by atoms with van der Waals surface area (Å²) in [5.74, 6) is -0.0987. The van der Waals surface area contributed by atoms with Gasteiger partial charge < -0.3 is 24.6 Å². The average molecular weight is 501 g/mol. The molecule has 1 saturated heterocycles. The summed E-state index contributed by atoms with van der Waals surface area (Å²) in [6, 6.07) is 8.55. The topological polar surface area (TPSA) is 82.0 Å². The molecule has 2 aromatic carbocycles. The third kappa shape index (κ3) is 5.15. The van der Waals surface area contributed by atoms with Crippen LogP contribution in [0.15, 0.2) is 35.2 Å². The number of aromatic carboxylic acids is 1. The van der Waals surface area contributed by atoms with Gasteiger partial charge in [-0.15, -0.1) is 0 Å². The highest BCUT2D eigenvalue weighted by Gasteiger charge is 2.55. The van der Waals surface area contributed by atoms with Gasteiger partial charge in [0.15, 0.2) is 0 Å². The molecule has 3 aliphatic rings. The van der Waals surface area contributed by atoms with Crippen molar-refractivity contribution >= 4 is 23.6 Å². The number of hydrogen-bond acceptors (Lipinski definition) is 6. The van der Waals surface area contributed by atoms with Gasteiger partial charge in [0.05, 0.1) is 17.9 Å². The van der Waals surface area contributed by atoms with Gasteiger partial charge in [-0.1, -0.05) is 13.0 Å². The number of nitrogens with one attached hydrogen (secondary N) is 1. The third-order valence-corrected chi connectivity index (χ3v) is 8.40. The number of carbonyl (C=O) groups is 1. The summed E-state index contributed by atoms with van der Waals surface area (Å²) in [5.41, 5.74) is 1.90. The molecular formula is C27H33FN2O4S. The number of β-amino-alcohol motifs (C(OH)–C–C–N with tert-alkyl or cyclic N) is 1. The van der Waals surface area contributed by atoms with Crippen LogP contribution in [0.1, 0.15) is 61.0 Å². The fourth-order valence-electron chi connectivity index (χ4n) is 5.61. The summed E-state index contributed by atoms with van der Waals surface area (Å²) in [7, 11) is 0. The first kappa shape index (κ1) is 24.4. The van der Waals surface area contributed by atoms with Crippen LogP contribution in [0, 0.1) is 17.2 Å². The Kier molecular flexibility index (Phi) is 6.26. The number of carboxylic acid groups (broad SMARTS) is 1. The molecule has 2 fully saturated rings. The van der Waals surface area contributed by atoms with Crippen LogP contribution in [0.4, 0.5) is 10.1 Å². The van der Waals surface area contributed by atoms with Gasteiger partial charge in [0, 0.05) is 23.4 Å². The first-order valence-corrected chi connectivity index (χ1v) is 13.0. The summed E-state index contributed by atoms with van der Waals surface area (Å²) < 4.78 is 23.3. The van der Waals surface area contributed by atoms with E-state index in [9.17, 15) is 19.4 Å². The lowest BCUT2D eigenvalue weighted by Crippen LogP contribution is -2.37. The fraction of sp³-hybridized carbons (Fsp3) is 0.519. The zero-order valence-corrected chi connectivity index (χ0v) is 21.3. The smallest absolute Gasteiger partial charge is 0.341 e. The molecule has 3 N–H and O–H groups in total. The largest absolute Gasteiger partial charge is 0.492 e. The fourth-order valence-corrected chi connectivity index (χ4v) is 6.41. The molecule has 0 amide bonds. The van der Waals surface area contributed by atoms with E-state index in [2.05, 4.69) is 16.5 Å². The van der Waals surface area contributed by atoms with Crippen molar-refractivity contribution in [3.8, 4) is 5.75 Å². The minimum atomic E-state index is -1.02. The Morgan fingerprint density at radius 2 is 2.14 bits per heavy atom. The zero-order valence-electron chi connectivity index (χ0n) is 20.4. The van der Waals surface area contributed by atoms with Gasteiger partial charge in [0.25, 0.3) is 0 Å². The quantitative estimate of drug-likeness (QED) is 0.432. The van der Waals surface area contributed by atoms with Crippen LogP contribution < -0.4 is 9.46 Å². The first-order chi connectivity index (χ1) is 16.5. The van der Waals surface area contributed by atoms with Crippen LogP contribution in [-0.4, -0.2) is 52.9 Å². The third-order valence-electron chi connectivity index (χ3n) is 7.46. The first-order valence-electron chi connectivity index (χ1n) is 12.2. The highest BCUT2D eigenvalue weighted by atomic mass is 32.2. The van der Waals surface area contributed by atoms with E-state index in [1.165, 1.54) is 18.0 Å². The molecule has 35 heavy (non-hydrogen) atoms. The molecule has 5 rings (SSSR count). The lowest BCUT2D eigenvalue weighted by Gasteiger charge is -2.25. The number of hydrogen-bond donors (Lipinski definition) is 3. The van der Waals surface area contributed by atoms with Crippen molar-refractivity contribution in [2.75, 3.05) is 31.0 Å². The summed E-state index contributed by atoms with van der Waals surface area (Å²) in [6.07, 6.45) is 2.74. The Morgan fingerprint density at radius 1 is 1.34 bits per heavy atom. The molecule has 2 aromatic rings. The molecular weight excluding hydrogens is 467 g/mol. The number of nitrogens with zero attached hydrogens (tertiary/aromatic N) is 1. The summed E-state index contributed by atoms with van der Waals surface area (Å²) >= 11 is 1.31. The molecule has 2 heterocycles. The molecule has 8 heteroatoms. The average Bonchev–Trinajstić information content (AvgIpc) is 3.30. The lowest BCUT2D eigenvalue weighted by molar-refractivity contribution is 0.0428. The lowest BCUT2D eigenvalue weighted by atomic mass is 9.95. The van der Waals surface area contributed by atoms with E-state index in [1.54, 1.807) is 12.1 Å². The standard InChI is InChI=1S/C27H33FN2O4S/c1-26(2,33)14-30-9-8-16(13-30)10-17-11-18(28)4-7-22(17)35-29-21-6-5-19-20-12-27(20,3)15-34-24(19)23(21)25(31)32/h4-7,11,16,20,29,33H,8-10,12-15H2,1-3H3,(H,31,32)/t16?,20?,27-/m0/s1. The van der Waals surface area contributed by atoms with E-state index >= 15 is 0 Å². The molecule has 0 spiro atoms. The van der Waals surface area contributed by atoms with E-state index in [4.69, 9.17) is 4.74 Å². The molecule has 2 unspecified atom stereocenters. The van der Waals surface area contributed by atoms with Crippen molar-refractivity contribution in [2.45, 2.75) is 56.4 Å². The second-order valence-corrected chi connectivity index (χ2v) is 12.1. The molecule has 0 bridgehead atoms. The van der Waals surface area contributed by atoms with Crippen LogP contribution in [0.25, 0.3) is 0 Å². The summed E-state index contributed by atoms with van der Waals surface area (Å²) in [4.78, 5) is 15.3. The van der Waals surface area contributed by atoms with E-state index in [-0.39, 0.29) is 16.8 Å². The maximum absolute atomic E-state index is 14.1. The van der Waals surface area contributed by atoms with E-state index < -0.39 is 11.6 Å². The number of benzene rings is 2. The predicted octanol–water partition coefficient (Wildman–Crippen LogP) is 5.16. The Labute approximate surface area is 210 Å². The van der Waals surface area contributed by atoms with E-state index in [1.807, 2.05) is 26.0 Å². The number of anilines is 1. The monoisotopic (exact) mass is 500 g/mol. The molecule has 0 aromatic heterocycles. The normalized spacial score (nSPS) is 25.5. The highest BCUT2D eigenvalue weighted by Crippen LogP contribution is 2.64. The highest BCUT2D eigenvalue weighted by molar-refractivity contribution is 8.00. The van der Waals surface area contributed by atoms with Crippen LogP contribution >= 0.6 is 11.9 Å². The van der Waals surface area contributed by atoms with Crippen molar-refractivity contribution in [3.63, 3.8) is 0 Å². The van der Waals surface area contributed by atoms with Crippen molar-refractivity contribution in [3.05, 3.63) is 52.8 Å². The second-order valence-electron chi connectivity index (χ2n) is 11.3. The van der Waals surface area contributed by atoms with Gasteiger partial charge in [-0.2, -0.15) is 0 Å². The van der Waals surface area contributed by atoms with Crippen molar-refractivity contribution < 1.29 is 24.1 Å². The van der Waals surface area contributed by atoms with Gasteiger partial charge in [-0.25, -0.2) is 9.18 Å². The van der Waals surface area contributed by atoms with Crippen LogP contribution in [0.2, 0.25) is 0 Å². The number of carboxylic acids is 1. The number of aliphatic hydroxyl groups is 1.